The summed E-state index contributed by atoms with van der Waals surface area (Å²) in [6, 6.07) is -0.886. The molecule has 1 saturated heterocycles. The molecule has 1 N–H and O–H groups in total. The highest BCUT2D eigenvalue weighted by atomic mass is 19.4. The minimum atomic E-state index is -6.63. The maximum Gasteiger partial charge on any atom is 0.428 e. The van der Waals surface area contributed by atoms with Crippen molar-refractivity contribution in [2.75, 3.05) is 0 Å². The highest BCUT2D eigenvalue weighted by molar-refractivity contribution is 5.85. The van der Waals surface area contributed by atoms with Crippen LogP contribution in [0, 0.1) is 0 Å². The van der Waals surface area contributed by atoms with Gasteiger partial charge < -0.3 is 5.32 Å². The van der Waals surface area contributed by atoms with Crippen LogP contribution in [0.5, 0.6) is 0 Å². The Morgan fingerprint density at radius 1 is 1.00 bits per heavy atom. The van der Waals surface area contributed by atoms with Gasteiger partial charge in [0.15, 0.2) is 0 Å². The first-order valence-corrected chi connectivity index (χ1v) is 5.42. The lowest BCUT2D eigenvalue weighted by Gasteiger charge is -2.31. The summed E-state index contributed by atoms with van der Waals surface area (Å²) in [5.41, 5.74) is 0. The largest absolute Gasteiger partial charge is 0.428 e. The van der Waals surface area contributed by atoms with Crippen LogP contribution in [0.25, 0.3) is 0 Å². The Balaban J connectivity index is 2.42. The monoisotopic (exact) mass is 331 g/mol. The van der Waals surface area contributed by atoms with Gasteiger partial charge in [-0.2, -0.15) is 39.5 Å². The number of rotatable bonds is 3. The second-order valence-corrected chi connectivity index (χ2v) is 4.69. The van der Waals surface area contributed by atoms with Crippen molar-refractivity contribution in [1.82, 2.24) is 5.32 Å². The van der Waals surface area contributed by atoms with Crippen LogP contribution in [0.15, 0.2) is 0 Å². The normalized spacial score (nSPS) is 33.8. The smallest absolute Gasteiger partial charge is 0.348 e. The number of carbonyl (C=O) groups excluding carboxylic acids is 1. The van der Waals surface area contributed by atoms with Crippen molar-refractivity contribution in [2.24, 2.45) is 0 Å². The zero-order valence-electron chi connectivity index (χ0n) is 9.71. The van der Waals surface area contributed by atoms with E-state index in [4.69, 9.17) is 0 Å². The van der Waals surface area contributed by atoms with E-state index in [1.807, 2.05) is 0 Å². The molecule has 1 aliphatic heterocycles. The molecule has 0 aromatic heterocycles. The van der Waals surface area contributed by atoms with Crippen molar-refractivity contribution >= 4 is 5.91 Å². The molecule has 0 bridgehead atoms. The van der Waals surface area contributed by atoms with E-state index in [9.17, 15) is 44.3 Å². The lowest BCUT2D eigenvalue weighted by atomic mass is 9.99. The summed E-state index contributed by atoms with van der Waals surface area (Å²) in [4.78, 5) is 11.0. The van der Waals surface area contributed by atoms with Crippen LogP contribution in [-0.4, -0.2) is 41.7 Å². The third-order valence-corrected chi connectivity index (χ3v) is 3.03. The standard InChI is InChI=1S/C9H6F9NO2/c10-5(11,4(20)19-3-1-2-3)8(16)6(12,13)7(14,15)9(17,18)21-8/h3H,1-2H2,(H,19,20). The van der Waals surface area contributed by atoms with E-state index in [0.29, 0.717) is 0 Å². The van der Waals surface area contributed by atoms with Crippen molar-refractivity contribution in [3.05, 3.63) is 0 Å². The maximum atomic E-state index is 13.6. The minimum absolute atomic E-state index is 0.171. The van der Waals surface area contributed by atoms with E-state index >= 15 is 0 Å². The first-order chi connectivity index (χ1) is 9.21. The van der Waals surface area contributed by atoms with Gasteiger partial charge in [-0.1, -0.05) is 0 Å². The van der Waals surface area contributed by atoms with Crippen LogP contribution in [0.3, 0.4) is 0 Å². The highest BCUT2D eigenvalue weighted by Gasteiger charge is 2.96. The van der Waals surface area contributed by atoms with E-state index < -0.39 is 41.7 Å². The molecule has 1 amide bonds. The Labute approximate surface area is 110 Å². The molecule has 1 unspecified atom stereocenters. The third-order valence-electron chi connectivity index (χ3n) is 3.03. The summed E-state index contributed by atoms with van der Waals surface area (Å²) in [5.74, 6) is -28.1. The Morgan fingerprint density at radius 2 is 1.48 bits per heavy atom. The van der Waals surface area contributed by atoms with Gasteiger partial charge in [0.25, 0.3) is 5.91 Å². The lowest BCUT2D eigenvalue weighted by Crippen LogP contribution is -2.64. The molecule has 1 heterocycles. The summed E-state index contributed by atoms with van der Waals surface area (Å²) in [6.07, 6.45) is -5.87. The van der Waals surface area contributed by atoms with Gasteiger partial charge in [-0.05, 0) is 12.8 Å². The summed E-state index contributed by atoms with van der Waals surface area (Å²) < 4.78 is 120. The Hall–Kier alpha value is -1.20. The molecule has 12 heteroatoms. The summed E-state index contributed by atoms with van der Waals surface area (Å²) in [7, 11) is 0. The molecule has 2 rings (SSSR count). The average Bonchev–Trinajstić information content (AvgIpc) is 3.08. The van der Waals surface area contributed by atoms with Gasteiger partial charge in [-0.25, -0.2) is 0 Å². The Kier molecular flexibility index (Phi) is 3.05. The molecular weight excluding hydrogens is 325 g/mol. The van der Waals surface area contributed by atoms with Gasteiger partial charge in [-0.3, -0.25) is 9.53 Å². The topological polar surface area (TPSA) is 38.3 Å². The molecule has 122 valence electrons. The fourth-order valence-electron chi connectivity index (χ4n) is 1.60. The molecule has 2 aliphatic rings. The van der Waals surface area contributed by atoms with Crippen LogP contribution in [0.2, 0.25) is 0 Å². The zero-order chi connectivity index (χ0) is 16.5. The molecule has 21 heavy (non-hydrogen) atoms. The quantitative estimate of drug-likeness (QED) is 0.807. The van der Waals surface area contributed by atoms with Crippen molar-refractivity contribution in [3.63, 3.8) is 0 Å². The molecule has 1 aliphatic carbocycles. The summed E-state index contributed by atoms with van der Waals surface area (Å²) in [6.45, 7) is 0. The van der Waals surface area contributed by atoms with E-state index in [-0.39, 0.29) is 12.8 Å². The number of amides is 1. The van der Waals surface area contributed by atoms with Crippen molar-refractivity contribution in [3.8, 4) is 0 Å². The lowest BCUT2D eigenvalue weighted by molar-refractivity contribution is -0.367. The number of nitrogens with one attached hydrogen (secondary N) is 1. The molecule has 1 atom stereocenters. The number of carbonyl (C=O) groups is 1. The van der Waals surface area contributed by atoms with E-state index in [2.05, 4.69) is 4.74 Å². The first-order valence-electron chi connectivity index (χ1n) is 5.42. The fraction of sp³-hybridized carbons (Fsp3) is 0.889. The molecular formula is C9H6F9NO2. The number of hydrogen-bond donors (Lipinski definition) is 1. The predicted octanol–water partition coefficient (Wildman–Crippen LogP) is 2.46. The van der Waals surface area contributed by atoms with Gasteiger partial charge >= 0.3 is 29.7 Å². The Morgan fingerprint density at radius 3 is 1.81 bits per heavy atom. The zero-order valence-corrected chi connectivity index (χ0v) is 9.71. The van der Waals surface area contributed by atoms with Crippen molar-refractivity contribution < 1.29 is 49.0 Å². The van der Waals surface area contributed by atoms with Gasteiger partial charge in [0.2, 0.25) is 0 Å². The van der Waals surface area contributed by atoms with E-state index in [0.717, 1.165) is 0 Å². The van der Waals surface area contributed by atoms with Crippen LogP contribution in [0.4, 0.5) is 39.5 Å². The molecule has 0 aromatic rings. The molecule has 0 radical (unpaired) electrons. The third kappa shape index (κ3) is 1.83. The molecule has 0 aromatic carbocycles. The Bertz CT molecular complexity index is 476. The fourth-order valence-corrected chi connectivity index (χ4v) is 1.60. The van der Waals surface area contributed by atoms with Crippen molar-refractivity contribution in [1.29, 1.82) is 0 Å². The summed E-state index contributed by atoms with van der Waals surface area (Å²) >= 11 is 0. The second-order valence-electron chi connectivity index (χ2n) is 4.69. The van der Waals surface area contributed by atoms with E-state index in [1.54, 1.807) is 0 Å². The van der Waals surface area contributed by atoms with E-state index in [1.165, 1.54) is 5.32 Å². The SMILES string of the molecule is O=C(NC1CC1)C(F)(F)C1(F)OC(F)(F)C(F)(F)C1(F)F. The van der Waals surface area contributed by atoms with Gasteiger partial charge in [0.05, 0.1) is 0 Å². The minimum Gasteiger partial charge on any atom is -0.348 e. The van der Waals surface area contributed by atoms with Gasteiger partial charge in [0.1, 0.15) is 0 Å². The molecule has 0 spiro atoms. The van der Waals surface area contributed by atoms with Crippen LogP contribution >= 0.6 is 0 Å². The van der Waals surface area contributed by atoms with Crippen LogP contribution in [0.1, 0.15) is 12.8 Å². The van der Waals surface area contributed by atoms with Gasteiger partial charge in [0, 0.05) is 6.04 Å². The summed E-state index contributed by atoms with van der Waals surface area (Å²) in [5, 5.41) is 1.36. The maximum absolute atomic E-state index is 13.6. The average molecular weight is 331 g/mol. The van der Waals surface area contributed by atoms with Crippen molar-refractivity contribution in [2.45, 2.75) is 48.6 Å². The molecule has 2 fully saturated rings. The number of hydrogen-bond acceptors (Lipinski definition) is 2. The highest BCUT2D eigenvalue weighted by Crippen LogP contribution is 2.64. The first kappa shape index (κ1) is 16.2. The predicted molar refractivity (Wildman–Crippen MR) is 45.9 cm³/mol. The number of ether oxygens (including phenoxy) is 1. The van der Waals surface area contributed by atoms with Crippen LogP contribution in [-0.2, 0) is 9.53 Å². The molecule has 1 saturated carbocycles. The van der Waals surface area contributed by atoms with Gasteiger partial charge in [-0.15, -0.1) is 0 Å². The van der Waals surface area contributed by atoms with Crippen LogP contribution < -0.4 is 5.32 Å². The second kappa shape index (κ2) is 3.96. The molecule has 3 nitrogen and oxygen atoms in total. The number of halogens is 9. The number of alkyl halides is 9.